The van der Waals surface area contributed by atoms with Crippen LogP contribution in [-0.4, -0.2) is 75.3 Å². The Morgan fingerprint density at radius 2 is 1.85 bits per heavy atom. The third-order valence-corrected chi connectivity index (χ3v) is 7.98. The lowest BCUT2D eigenvalue weighted by atomic mass is 9.79. The number of β-amino-alcohol motifs (C(OH)–C–C–N with tert-alkyl or cyclic N) is 1. The summed E-state index contributed by atoms with van der Waals surface area (Å²) in [7, 11) is 0. The number of aliphatic hydroxyl groups excluding tert-OH is 2. The van der Waals surface area contributed by atoms with Gasteiger partial charge in [-0.25, -0.2) is 5.06 Å². The molecule has 10 heteroatoms. The molecule has 0 spiro atoms. The Bertz CT molecular complexity index is 1340. The van der Waals surface area contributed by atoms with Crippen molar-refractivity contribution in [3.63, 3.8) is 0 Å². The van der Waals surface area contributed by atoms with E-state index in [1.54, 1.807) is 36.4 Å². The minimum absolute atomic E-state index is 0.0275. The number of hydrogen-bond donors (Lipinski definition) is 2. The van der Waals surface area contributed by atoms with Crippen LogP contribution >= 0.6 is 23.2 Å². The summed E-state index contributed by atoms with van der Waals surface area (Å²) in [5.41, 5.74) is 1.35. The van der Waals surface area contributed by atoms with Crippen LogP contribution in [-0.2, 0) is 21.6 Å². The largest absolute Gasteiger partial charge is 0.395 e. The normalized spacial score (nSPS) is 21.8. The van der Waals surface area contributed by atoms with E-state index in [4.69, 9.17) is 28.0 Å². The molecule has 8 nitrogen and oxygen atoms in total. The van der Waals surface area contributed by atoms with Gasteiger partial charge in [-0.15, -0.1) is 0 Å². The van der Waals surface area contributed by atoms with Crippen molar-refractivity contribution in [3.05, 3.63) is 99.3 Å². The van der Waals surface area contributed by atoms with Gasteiger partial charge in [0.05, 0.1) is 11.6 Å². The zero-order chi connectivity index (χ0) is 27.6. The highest BCUT2D eigenvalue weighted by atomic mass is 35.5. The lowest BCUT2D eigenvalue weighted by molar-refractivity contribution is -0.180. The van der Waals surface area contributed by atoms with Crippen LogP contribution in [0.5, 0.6) is 0 Å². The lowest BCUT2D eigenvalue weighted by Crippen LogP contribution is -2.48. The molecule has 3 aromatic rings. The third kappa shape index (κ3) is 5.45. The van der Waals surface area contributed by atoms with E-state index in [1.807, 2.05) is 29.2 Å². The molecule has 2 aromatic carbocycles. The Kier molecular flexibility index (Phi) is 8.32. The molecule has 0 saturated carbocycles. The van der Waals surface area contributed by atoms with Gasteiger partial charge in [-0.3, -0.25) is 24.3 Å². The summed E-state index contributed by atoms with van der Waals surface area (Å²) in [6, 6.07) is 17.8. The second-order valence-electron chi connectivity index (χ2n) is 9.89. The van der Waals surface area contributed by atoms with E-state index in [0.29, 0.717) is 33.4 Å². The predicted octanol–water partition coefficient (Wildman–Crippen LogP) is 3.65. The van der Waals surface area contributed by atoms with Crippen LogP contribution in [0.25, 0.3) is 0 Å². The minimum atomic E-state index is -1.32. The van der Waals surface area contributed by atoms with Crippen molar-refractivity contribution >= 4 is 34.9 Å². The van der Waals surface area contributed by atoms with Gasteiger partial charge >= 0.3 is 0 Å². The van der Waals surface area contributed by atoms with Crippen LogP contribution in [0.4, 0.5) is 0 Å². The number of pyridine rings is 1. The van der Waals surface area contributed by atoms with Crippen molar-refractivity contribution in [2.75, 3.05) is 26.3 Å². The number of Topliss-reactive ketones (excluding diaryl/α,β-unsaturated/α-hetero) is 1. The smallest absolute Gasteiger partial charge is 0.279 e. The number of amides is 1. The molecule has 0 aliphatic carbocycles. The summed E-state index contributed by atoms with van der Waals surface area (Å²) < 4.78 is 0. The highest BCUT2D eigenvalue weighted by Gasteiger charge is 2.52. The minimum Gasteiger partial charge on any atom is -0.395 e. The van der Waals surface area contributed by atoms with Gasteiger partial charge in [-0.05, 0) is 60.8 Å². The molecule has 1 fully saturated rings. The number of aromatic nitrogens is 1. The van der Waals surface area contributed by atoms with Crippen molar-refractivity contribution < 1.29 is 24.6 Å². The van der Waals surface area contributed by atoms with Crippen LogP contribution in [0, 0.1) is 0 Å². The maximum absolute atomic E-state index is 13.8. The molecule has 2 aliphatic rings. The average molecular weight is 570 g/mol. The highest BCUT2D eigenvalue weighted by Crippen LogP contribution is 2.46. The molecule has 204 valence electrons. The van der Waals surface area contributed by atoms with Crippen LogP contribution < -0.4 is 0 Å². The maximum atomic E-state index is 13.8. The number of rotatable bonds is 10. The fraction of sp³-hybridized carbons (Fsp3) is 0.345. The van der Waals surface area contributed by atoms with Crippen LogP contribution in [0.1, 0.15) is 40.0 Å². The quantitative estimate of drug-likeness (QED) is 0.384. The van der Waals surface area contributed by atoms with Crippen molar-refractivity contribution in [1.82, 2.24) is 14.9 Å². The first kappa shape index (κ1) is 27.7. The number of hydrogen-bond acceptors (Lipinski definition) is 7. The Labute approximate surface area is 236 Å². The van der Waals surface area contributed by atoms with Crippen molar-refractivity contribution in [3.8, 4) is 0 Å². The predicted molar refractivity (Wildman–Crippen MR) is 146 cm³/mol. The first-order valence-corrected chi connectivity index (χ1v) is 13.6. The topological polar surface area (TPSA) is 103 Å². The maximum Gasteiger partial charge on any atom is 0.279 e. The van der Waals surface area contributed by atoms with Gasteiger partial charge in [0.15, 0.2) is 5.78 Å². The molecular formula is C29H29Cl2N3O5. The molecular weight excluding hydrogens is 541 g/mol. The van der Waals surface area contributed by atoms with Crippen molar-refractivity contribution in [1.29, 1.82) is 0 Å². The standard InChI is InChI=1S/C29H29Cl2N3O5/c30-20-9-7-19(8-10-20)29(14-22-12-11-21(31)15-32-22)25-6-2-1-5-24(25)28(38)34(29)39-18-27(37)26(36)16-33-13-3-4-23(33)17-35/h1-2,5-12,15,23,26,35-36H,3-4,13-14,16-18H2/t23-,26?,29+/m0/s1. The van der Waals surface area contributed by atoms with Gasteiger partial charge in [-0.2, -0.15) is 0 Å². The molecule has 1 saturated heterocycles. The summed E-state index contributed by atoms with van der Waals surface area (Å²) in [6.07, 6.45) is 2.16. The molecule has 1 aromatic heterocycles. The molecule has 0 bridgehead atoms. The van der Waals surface area contributed by atoms with Gasteiger partial charge in [0, 0.05) is 41.5 Å². The number of fused-ring (bicyclic) bond motifs is 1. The molecule has 39 heavy (non-hydrogen) atoms. The van der Waals surface area contributed by atoms with Gasteiger partial charge in [0.25, 0.3) is 5.91 Å². The summed E-state index contributed by atoms with van der Waals surface area (Å²) in [5, 5.41) is 22.5. The van der Waals surface area contributed by atoms with E-state index < -0.39 is 29.9 Å². The molecule has 1 unspecified atom stereocenters. The average Bonchev–Trinajstić information content (AvgIpc) is 3.49. The molecule has 3 heterocycles. The fourth-order valence-electron chi connectivity index (χ4n) is 5.52. The number of halogens is 2. The third-order valence-electron chi connectivity index (χ3n) is 7.51. The fourth-order valence-corrected chi connectivity index (χ4v) is 5.76. The van der Waals surface area contributed by atoms with Gasteiger partial charge in [0.1, 0.15) is 18.2 Å². The lowest BCUT2D eigenvalue weighted by Gasteiger charge is -2.38. The van der Waals surface area contributed by atoms with Crippen LogP contribution in [0.15, 0.2) is 66.9 Å². The Balaban J connectivity index is 1.48. The Hall–Kier alpha value is -2.85. The number of hydroxylamine groups is 2. The number of nitrogens with zero attached hydrogens (tertiary/aromatic N) is 3. The number of aliphatic hydroxyl groups is 2. The monoisotopic (exact) mass is 569 g/mol. The van der Waals surface area contributed by atoms with Crippen molar-refractivity contribution in [2.45, 2.75) is 36.9 Å². The van der Waals surface area contributed by atoms with E-state index in [-0.39, 0.29) is 25.6 Å². The summed E-state index contributed by atoms with van der Waals surface area (Å²) >= 11 is 12.3. The molecule has 3 atom stereocenters. The highest BCUT2D eigenvalue weighted by molar-refractivity contribution is 6.30. The molecule has 2 aliphatic heterocycles. The number of ketones is 1. The van der Waals surface area contributed by atoms with E-state index in [9.17, 15) is 19.8 Å². The van der Waals surface area contributed by atoms with Crippen LogP contribution in [0.3, 0.4) is 0 Å². The van der Waals surface area contributed by atoms with Gasteiger partial charge in [0.2, 0.25) is 0 Å². The Morgan fingerprint density at radius 3 is 2.56 bits per heavy atom. The molecule has 2 N–H and O–H groups in total. The molecule has 0 radical (unpaired) electrons. The second kappa shape index (κ2) is 11.7. The number of likely N-dealkylation sites (tertiary alicyclic amines) is 1. The zero-order valence-electron chi connectivity index (χ0n) is 21.2. The first-order valence-electron chi connectivity index (χ1n) is 12.8. The zero-order valence-corrected chi connectivity index (χ0v) is 22.7. The summed E-state index contributed by atoms with van der Waals surface area (Å²) in [5.74, 6) is -0.964. The van der Waals surface area contributed by atoms with E-state index in [0.717, 1.165) is 18.4 Å². The van der Waals surface area contributed by atoms with E-state index in [1.165, 1.54) is 11.3 Å². The van der Waals surface area contributed by atoms with Gasteiger partial charge < -0.3 is 10.2 Å². The SMILES string of the molecule is O=C(CON1C(=O)c2ccccc2[C@@]1(Cc1ccc(Cl)cn1)c1ccc(Cl)cc1)C(O)CN1CCC[C@H]1CO. The van der Waals surface area contributed by atoms with E-state index >= 15 is 0 Å². The second-order valence-corrected chi connectivity index (χ2v) is 10.8. The number of carbonyl (C=O) groups is 2. The van der Waals surface area contributed by atoms with E-state index in [2.05, 4.69) is 4.98 Å². The number of carbonyl (C=O) groups excluding carboxylic acids is 2. The summed E-state index contributed by atoms with van der Waals surface area (Å²) in [4.78, 5) is 39.2. The Morgan fingerprint density at radius 1 is 1.10 bits per heavy atom. The van der Waals surface area contributed by atoms with Crippen LogP contribution in [0.2, 0.25) is 10.0 Å². The summed E-state index contributed by atoms with van der Waals surface area (Å²) in [6.45, 7) is 0.255. The van der Waals surface area contributed by atoms with Crippen molar-refractivity contribution in [2.24, 2.45) is 0 Å². The first-order chi connectivity index (χ1) is 18.8. The van der Waals surface area contributed by atoms with Gasteiger partial charge in [-0.1, -0.05) is 53.5 Å². The molecule has 5 rings (SSSR count). The number of benzene rings is 2. The molecule has 1 amide bonds.